The van der Waals surface area contributed by atoms with E-state index in [2.05, 4.69) is 4.72 Å². The predicted molar refractivity (Wildman–Crippen MR) is 80.2 cm³/mol. The number of carboxylic acids is 1. The summed E-state index contributed by atoms with van der Waals surface area (Å²) in [5, 5.41) is 8.89. The smallest absolute Gasteiger partial charge is 0.334 e. The number of rotatable bonds is 6. The van der Waals surface area contributed by atoms with Crippen molar-refractivity contribution in [1.82, 2.24) is 9.62 Å². The zero-order valence-electron chi connectivity index (χ0n) is 12.3. The first-order valence-electron chi connectivity index (χ1n) is 7.07. The number of carboxylic acid groups (broad SMARTS) is 1. The number of sulfonamides is 1. The summed E-state index contributed by atoms with van der Waals surface area (Å²) in [7, 11) is -3.65. The van der Waals surface area contributed by atoms with Crippen molar-refractivity contribution in [3.8, 4) is 0 Å². The van der Waals surface area contributed by atoms with Gasteiger partial charge in [0.2, 0.25) is 15.9 Å². The van der Waals surface area contributed by atoms with Crippen LogP contribution < -0.4 is 4.72 Å². The number of nitrogens with one attached hydrogen (secondary N) is 1. The van der Waals surface area contributed by atoms with Gasteiger partial charge in [-0.1, -0.05) is 18.2 Å². The molecule has 1 amide bonds. The van der Waals surface area contributed by atoms with Crippen molar-refractivity contribution in [2.45, 2.75) is 17.4 Å². The lowest BCUT2D eigenvalue weighted by atomic mass is 10.2. The third-order valence-corrected chi connectivity index (χ3v) is 4.86. The Balaban J connectivity index is 1.84. The molecule has 126 valence electrons. The summed E-state index contributed by atoms with van der Waals surface area (Å²) in [6.07, 6.45) is -1.08. The molecule has 2 N–H and O–H groups in total. The van der Waals surface area contributed by atoms with Crippen LogP contribution in [0.25, 0.3) is 0 Å². The highest BCUT2D eigenvalue weighted by Crippen LogP contribution is 2.09. The van der Waals surface area contributed by atoms with E-state index in [0.29, 0.717) is 6.54 Å². The van der Waals surface area contributed by atoms with E-state index in [9.17, 15) is 18.0 Å². The predicted octanol–water partition coefficient (Wildman–Crippen LogP) is -0.333. The van der Waals surface area contributed by atoms with Gasteiger partial charge in [0.25, 0.3) is 0 Å². The Hall–Kier alpha value is -1.97. The molecule has 1 atom stereocenters. The molecule has 1 aromatic rings. The van der Waals surface area contributed by atoms with Gasteiger partial charge >= 0.3 is 5.97 Å². The highest BCUT2D eigenvalue weighted by Gasteiger charge is 2.28. The van der Waals surface area contributed by atoms with Crippen LogP contribution in [0.3, 0.4) is 0 Å². The van der Waals surface area contributed by atoms with Gasteiger partial charge in [0, 0.05) is 19.5 Å². The summed E-state index contributed by atoms with van der Waals surface area (Å²) in [6, 6.07) is 7.85. The molecule has 8 nitrogen and oxygen atoms in total. The van der Waals surface area contributed by atoms with Crippen molar-refractivity contribution >= 4 is 21.9 Å². The lowest BCUT2D eigenvalue weighted by Gasteiger charge is -2.30. The van der Waals surface area contributed by atoms with E-state index in [1.54, 1.807) is 18.2 Å². The van der Waals surface area contributed by atoms with Gasteiger partial charge in [-0.05, 0) is 12.1 Å². The monoisotopic (exact) mass is 342 g/mol. The van der Waals surface area contributed by atoms with Gasteiger partial charge < -0.3 is 14.7 Å². The van der Waals surface area contributed by atoms with Crippen LogP contribution in [-0.2, 0) is 24.3 Å². The molecular formula is C14H18N2O6S. The molecule has 0 spiro atoms. The number of carbonyl (C=O) groups excluding carboxylic acids is 1. The molecule has 2 rings (SSSR count). The number of hydrogen-bond acceptors (Lipinski definition) is 5. The number of hydrogen-bond donors (Lipinski definition) is 2. The minimum Gasteiger partial charge on any atom is -0.479 e. The van der Waals surface area contributed by atoms with Gasteiger partial charge in [-0.2, -0.15) is 0 Å². The van der Waals surface area contributed by atoms with Gasteiger partial charge in [-0.25, -0.2) is 17.9 Å². The quantitative estimate of drug-likeness (QED) is 0.732. The summed E-state index contributed by atoms with van der Waals surface area (Å²) in [4.78, 5) is 24.4. The minimum absolute atomic E-state index is 0.0282. The molecule has 23 heavy (non-hydrogen) atoms. The summed E-state index contributed by atoms with van der Waals surface area (Å²) < 4.78 is 31.4. The number of amides is 1. The van der Waals surface area contributed by atoms with E-state index in [4.69, 9.17) is 9.84 Å². The fraction of sp³-hybridized carbons (Fsp3) is 0.429. The second kappa shape index (κ2) is 7.53. The Morgan fingerprint density at radius 1 is 1.30 bits per heavy atom. The van der Waals surface area contributed by atoms with E-state index in [0.717, 1.165) is 0 Å². The normalized spacial score (nSPS) is 18.6. The summed E-state index contributed by atoms with van der Waals surface area (Å²) in [5.41, 5.74) is 0. The number of ether oxygens (including phenoxy) is 1. The Morgan fingerprint density at radius 2 is 2.00 bits per heavy atom. The van der Waals surface area contributed by atoms with Crippen molar-refractivity contribution < 1.29 is 27.9 Å². The lowest BCUT2D eigenvalue weighted by molar-refractivity contribution is -0.159. The van der Waals surface area contributed by atoms with Crippen LogP contribution in [0.15, 0.2) is 35.2 Å². The van der Waals surface area contributed by atoms with Gasteiger partial charge in [-0.15, -0.1) is 0 Å². The van der Waals surface area contributed by atoms with Crippen molar-refractivity contribution in [2.24, 2.45) is 0 Å². The Kier molecular flexibility index (Phi) is 5.69. The first-order chi connectivity index (χ1) is 10.9. The maximum Gasteiger partial charge on any atom is 0.334 e. The number of nitrogens with zero attached hydrogens (tertiary/aromatic N) is 1. The minimum atomic E-state index is -3.65. The first-order valence-corrected chi connectivity index (χ1v) is 8.55. The average Bonchev–Trinajstić information content (AvgIpc) is 2.55. The average molecular weight is 342 g/mol. The van der Waals surface area contributed by atoms with Crippen LogP contribution in [0.4, 0.5) is 0 Å². The van der Waals surface area contributed by atoms with Crippen LogP contribution >= 0.6 is 0 Å². The SMILES string of the molecule is O=C(O)C1CN(C(=O)CCNS(=O)(=O)c2ccccc2)CCO1. The largest absolute Gasteiger partial charge is 0.479 e. The van der Waals surface area contributed by atoms with E-state index in [-0.39, 0.29) is 36.9 Å². The van der Waals surface area contributed by atoms with Crippen molar-refractivity contribution in [3.63, 3.8) is 0 Å². The van der Waals surface area contributed by atoms with Crippen LogP contribution in [0.5, 0.6) is 0 Å². The second-order valence-corrected chi connectivity index (χ2v) is 6.77. The number of morpholine rings is 1. The zero-order chi connectivity index (χ0) is 16.9. The topological polar surface area (TPSA) is 113 Å². The fourth-order valence-corrected chi connectivity index (χ4v) is 3.21. The number of benzene rings is 1. The lowest BCUT2D eigenvalue weighted by Crippen LogP contribution is -2.49. The second-order valence-electron chi connectivity index (χ2n) is 5.00. The molecule has 0 aliphatic carbocycles. The Bertz CT molecular complexity index is 661. The molecule has 0 aromatic heterocycles. The summed E-state index contributed by atoms with van der Waals surface area (Å²) in [5.74, 6) is -1.43. The molecule has 0 radical (unpaired) electrons. The van der Waals surface area contributed by atoms with E-state index in [1.807, 2.05) is 0 Å². The van der Waals surface area contributed by atoms with E-state index in [1.165, 1.54) is 17.0 Å². The molecule has 1 unspecified atom stereocenters. The van der Waals surface area contributed by atoms with Gasteiger partial charge in [-0.3, -0.25) is 4.79 Å². The maximum atomic E-state index is 12.0. The molecule has 1 heterocycles. The molecule has 1 saturated heterocycles. The molecule has 1 fully saturated rings. The first kappa shape index (κ1) is 17.4. The van der Waals surface area contributed by atoms with E-state index >= 15 is 0 Å². The molecule has 9 heteroatoms. The van der Waals surface area contributed by atoms with Crippen molar-refractivity contribution in [3.05, 3.63) is 30.3 Å². The summed E-state index contributed by atoms with van der Waals surface area (Å²) in [6.45, 7) is 0.372. The Labute approximate surface area is 134 Å². The van der Waals surface area contributed by atoms with Gasteiger partial charge in [0.05, 0.1) is 18.0 Å². The number of carbonyl (C=O) groups is 2. The maximum absolute atomic E-state index is 12.0. The highest BCUT2D eigenvalue weighted by molar-refractivity contribution is 7.89. The molecular weight excluding hydrogens is 324 g/mol. The van der Waals surface area contributed by atoms with Crippen LogP contribution in [0.1, 0.15) is 6.42 Å². The van der Waals surface area contributed by atoms with E-state index < -0.39 is 22.1 Å². The third kappa shape index (κ3) is 4.75. The third-order valence-electron chi connectivity index (χ3n) is 3.38. The molecule has 0 saturated carbocycles. The van der Waals surface area contributed by atoms with Gasteiger partial charge in [0.15, 0.2) is 6.10 Å². The van der Waals surface area contributed by atoms with Crippen LogP contribution in [0, 0.1) is 0 Å². The highest BCUT2D eigenvalue weighted by atomic mass is 32.2. The van der Waals surface area contributed by atoms with Crippen molar-refractivity contribution in [2.75, 3.05) is 26.2 Å². The van der Waals surface area contributed by atoms with Gasteiger partial charge in [0.1, 0.15) is 0 Å². The molecule has 1 aliphatic rings. The zero-order valence-corrected chi connectivity index (χ0v) is 13.2. The van der Waals surface area contributed by atoms with Crippen LogP contribution in [0.2, 0.25) is 0 Å². The van der Waals surface area contributed by atoms with Crippen LogP contribution in [-0.4, -0.2) is 62.6 Å². The molecule has 1 aliphatic heterocycles. The Morgan fingerprint density at radius 3 is 2.65 bits per heavy atom. The fourth-order valence-electron chi connectivity index (χ4n) is 2.16. The molecule has 1 aromatic carbocycles. The number of aliphatic carboxylic acids is 1. The standard InChI is InChI=1S/C14H18N2O6S/c17-13(16-8-9-22-12(10-16)14(18)19)6-7-15-23(20,21)11-4-2-1-3-5-11/h1-5,12,15H,6-10H2,(H,18,19). The summed E-state index contributed by atoms with van der Waals surface area (Å²) >= 11 is 0. The molecule has 0 bridgehead atoms. The van der Waals surface area contributed by atoms with Crippen molar-refractivity contribution in [1.29, 1.82) is 0 Å².